The van der Waals surface area contributed by atoms with Gasteiger partial charge in [-0.1, -0.05) is 0 Å². The molecule has 0 spiro atoms. The first kappa shape index (κ1) is 11.5. The van der Waals surface area contributed by atoms with Crippen LogP contribution in [0.1, 0.15) is 0 Å². The summed E-state index contributed by atoms with van der Waals surface area (Å²) < 4.78 is 16.3. The second-order valence-corrected chi connectivity index (χ2v) is 3.95. The summed E-state index contributed by atoms with van der Waals surface area (Å²) in [5, 5.41) is 11.4. The number of nitrogens with two attached hydrogens (primary N) is 1. The van der Waals surface area contributed by atoms with E-state index in [9.17, 15) is 4.39 Å². The van der Waals surface area contributed by atoms with E-state index in [2.05, 4.69) is 5.10 Å². The summed E-state index contributed by atoms with van der Waals surface area (Å²) in [4.78, 5) is 0. The fourth-order valence-corrected chi connectivity index (χ4v) is 1.61. The van der Waals surface area contributed by atoms with E-state index in [1.165, 1.54) is 12.3 Å². The van der Waals surface area contributed by atoms with Crippen LogP contribution < -0.4 is 11.2 Å². The standard InChI is InChI=1S/C10H10FN5S/c1-15-4-7(3-14-15)6-2-8(11)9(12)16(5-6)10(13)17/h2-5,12H,1H3,(H2,13,17). The molecule has 0 aromatic carbocycles. The molecule has 2 heterocycles. The van der Waals surface area contributed by atoms with Crippen LogP contribution in [0.3, 0.4) is 0 Å². The fourth-order valence-electron chi connectivity index (χ4n) is 1.46. The number of hydrogen-bond acceptors (Lipinski definition) is 3. The Hall–Kier alpha value is -2.02. The number of rotatable bonds is 1. The van der Waals surface area contributed by atoms with Gasteiger partial charge in [-0.15, -0.1) is 0 Å². The van der Waals surface area contributed by atoms with Gasteiger partial charge >= 0.3 is 0 Å². The molecule has 0 aliphatic rings. The van der Waals surface area contributed by atoms with Crippen molar-refractivity contribution < 1.29 is 4.39 Å². The molecular weight excluding hydrogens is 241 g/mol. The number of thiocarbonyl (C=S) groups is 1. The van der Waals surface area contributed by atoms with Gasteiger partial charge < -0.3 is 5.73 Å². The third-order valence-corrected chi connectivity index (χ3v) is 2.49. The molecule has 0 saturated heterocycles. The molecule has 5 nitrogen and oxygen atoms in total. The summed E-state index contributed by atoms with van der Waals surface area (Å²) in [5.74, 6) is -0.681. The van der Waals surface area contributed by atoms with Crippen molar-refractivity contribution in [3.8, 4) is 11.1 Å². The zero-order valence-electron chi connectivity index (χ0n) is 9.01. The van der Waals surface area contributed by atoms with Crippen LogP contribution in [0.5, 0.6) is 0 Å². The maximum atomic E-state index is 13.5. The highest BCUT2D eigenvalue weighted by Gasteiger charge is 2.08. The van der Waals surface area contributed by atoms with Crippen molar-refractivity contribution in [3.05, 3.63) is 36.0 Å². The van der Waals surface area contributed by atoms with Crippen LogP contribution in [0.25, 0.3) is 11.1 Å². The molecule has 2 rings (SSSR count). The van der Waals surface area contributed by atoms with Crippen molar-refractivity contribution in [1.29, 1.82) is 5.41 Å². The van der Waals surface area contributed by atoms with Gasteiger partial charge in [-0.3, -0.25) is 14.7 Å². The monoisotopic (exact) mass is 251 g/mol. The van der Waals surface area contributed by atoms with Gasteiger partial charge in [-0.25, -0.2) is 4.39 Å². The number of pyridine rings is 1. The van der Waals surface area contributed by atoms with Crippen LogP contribution >= 0.6 is 12.2 Å². The van der Waals surface area contributed by atoms with E-state index in [4.69, 9.17) is 23.4 Å². The molecule has 0 bridgehead atoms. The minimum Gasteiger partial charge on any atom is -0.376 e. The number of aromatic nitrogens is 3. The largest absolute Gasteiger partial charge is 0.376 e. The number of nitrogens with zero attached hydrogens (tertiary/aromatic N) is 3. The van der Waals surface area contributed by atoms with Crippen molar-refractivity contribution in [2.75, 3.05) is 0 Å². The molecule has 2 aromatic rings. The summed E-state index contributed by atoms with van der Waals surface area (Å²) in [6.45, 7) is 0. The van der Waals surface area contributed by atoms with Crippen LogP contribution in [0.2, 0.25) is 0 Å². The van der Waals surface area contributed by atoms with E-state index in [-0.39, 0.29) is 10.6 Å². The lowest BCUT2D eigenvalue weighted by Crippen LogP contribution is -2.32. The zero-order chi connectivity index (χ0) is 12.6. The zero-order valence-corrected chi connectivity index (χ0v) is 9.83. The molecule has 0 unspecified atom stereocenters. The van der Waals surface area contributed by atoms with Crippen LogP contribution in [-0.2, 0) is 7.05 Å². The highest BCUT2D eigenvalue weighted by atomic mass is 32.1. The Balaban J connectivity index is 2.65. The first-order valence-electron chi connectivity index (χ1n) is 4.74. The number of nitrogens with one attached hydrogen (secondary N) is 1. The molecule has 88 valence electrons. The quantitative estimate of drug-likeness (QED) is 0.729. The average molecular weight is 251 g/mol. The molecule has 0 saturated carbocycles. The minimum absolute atomic E-state index is 0.0698. The Morgan fingerprint density at radius 3 is 2.71 bits per heavy atom. The van der Waals surface area contributed by atoms with Gasteiger partial charge in [-0.2, -0.15) is 5.10 Å². The van der Waals surface area contributed by atoms with E-state index >= 15 is 0 Å². The first-order valence-corrected chi connectivity index (χ1v) is 5.15. The Morgan fingerprint density at radius 2 is 2.18 bits per heavy atom. The molecule has 0 atom stereocenters. The predicted molar refractivity (Wildman–Crippen MR) is 64.6 cm³/mol. The number of halogens is 1. The number of aryl methyl sites for hydroxylation is 1. The van der Waals surface area contributed by atoms with Gasteiger partial charge in [0.05, 0.1) is 6.20 Å². The van der Waals surface area contributed by atoms with Crippen molar-refractivity contribution in [2.24, 2.45) is 12.8 Å². The second-order valence-electron chi connectivity index (χ2n) is 3.54. The third-order valence-electron chi connectivity index (χ3n) is 2.29. The van der Waals surface area contributed by atoms with E-state index in [0.29, 0.717) is 5.56 Å². The van der Waals surface area contributed by atoms with Gasteiger partial charge in [0.15, 0.2) is 16.4 Å². The smallest absolute Gasteiger partial charge is 0.176 e. The van der Waals surface area contributed by atoms with E-state index in [1.54, 1.807) is 24.1 Å². The molecule has 0 aliphatic carbocycles. The van der Waals surface area contributed by atoms with E-state index in [0.717, 1.165) is 10.1 Å². The minimum atomic E-state index is -0.681. The summed E-state index contributed by atoms with van der Waals surface area (Å²) in [5.41, 5.74) is 6.37. The molecule has 0 fully saturated rings. The molecule has 0 aliphatic heterocycles. The van der Waals surface area contributed by atoms with E-state index in [1.807, 2.05) is 0 Å². The first-order chi connectivity index (χ1) is 7.99. The number of hydrogen-bond donors (Lipinski definition) is 2. The molecule has 0 radical (unpaired) electrons. The lowest BCUT2D eigenvalue weighted by atomic mass is 10.1. The molecule has 7 heteroatoms. The highest BCUT2D eigenvalue weighted by molar-refractivity contribution is 7.80. The SMILES string of the molecule is Cn1cc(-c2cc(F)c(=N)n(C(N)=S)c2)cn1. The van der Waals surface area contributed by atoms with Crippen molar-refractivity contribution in [1.82, 2.24) is 14.3 Å². The van der Waals surface area contributed by atoms with Gasteiger partial charge in [0, 0.05) is 30.6 Å². The fraction of sp³-hybridized carbons (Fsp3) is 0.100. The lowest BCUT2D eigenvalue weighted by molar-refractivity contribution is 0.592. The average Bonchev–Trinajstić information content (AvgIpc) is 2.68. The maximum Gasteiger partial charge on any atom is 0.176 e. The van der Waals surface area contributed by atoms with Gasteiger partial charge in [0.25, 0.3) is 0 Å². The Labute approximate surface area is 102 Å². The van der Waals surface area contributed by atoms with Gasteiger partial charge in [0.2, 0.25) is 0 Å². The van der Waals surface area contributed by atoms with Crippen molar-refractivity contribution in [3.63, 3.8) is 0 Å². The predicted octanol–water partition coefficient (Wildman–Crippen LogP) is 0.599. The molecule has 17 heavy (non-hydrogen) atoms. The second kappa shape index (κ2) is 4.10. The topological polar surface area (TPSA) is 72.6 Å². The summed E-state index contributed by atoms with van der Waals surface area (Å²) in [6.07, 6.45) is 4.86. The van der Waals surface area contributed by atoms with Crippen LogP contribution in [0.15, 0.2) is 24.7 Å². The molecule has 3 N–H and O–H groups in total. The summed E-state index contributed by atoms with van der Waals surface area (Å²) >= 11 is 4.76. The van der Waals surface area contributed by atoms with Crippen LogP contribution in [-0.4, -0.2) is 19.5 Å². The van der Waals surface area contributed by atoms with Crippen molar-refractivity contribution >= 4 is 17.3 Å². The third kappa shape index (κ3) is 2.09. The lowest BCUT2D eigenvalue weighted by Gasteiger charge is -2.07. The highest BCUT2D eigenvalue weighted by Crippen LogP contribution is 2.17. The summed E-state index contributed by atoms with van der Waals surface area (Å²) in [7, 11) is 1.76. The molecule has 0 amide bonds. The normalized spacial score (nSPS) is 10.5. The molecule has 2 aromatic heterocycles. The van der Waals surface area contributed by atoms with Gasteiger partial charge in [-0.05, 0) is 18.3 Å². The Kier molecular flexibility index (Phi) is 2.76. The van der Waals surface area contributed by atoms with Crippen molar-refractivity contribution in [2.45, 2.75) is 0 Å². The van der Waals surface area contributed by atoms with Gasteiger partial charge in [0.1, 0.15) is 0 Å². The summed E-state index contributed by atoms with van der Waals surface area (Å²) in [6, 6.07) is 1.26. The van der Waals surface area contributed by atoms with Crippen LogP contribution in [0, 0.1) is 11.2 Å². The van der Waals surface area contributed by atoms with Crippen LogP contribution in [0.4, 0.5) is 4.39 Å². The Bertz CT molecular complexity index is 642. The molecular formula is C10H10FN5S. The Morgan fingerprint density at radius 1 is 1.47 bits per heavy atom. The van der Waals surface area contributed by atoms with E-state index < -0.39 is 5.82 Å². The maximum absolute atomic E-state index is 13.5.